The molecule has 0 aliphatic heterocycles. The van der Waals surface area contributed by atoms with Crippen LogP contribution < -0.4 is 5.32 Å². The molecule has 1 N–H and O–H groups in total. The van der Waals surface area contributed by atoms with Crippen molar-refractivity contribution in [2.75, 3.05) is 12.4 Å². The number of rotatable bonds is 2. The summed E-state index contributed by atoms with van der Waals surface area (Å²) in [5.74, 6) is 1.57. The monoisotopic (exact) mass is 403 g/mol. The molecule has 0 unspecified atom stereocenters. The first-order valence-electron chi connectivity index (χ1n) is 5.08. The maximum absolute atomic E-state index is 4.49. The van der Waals surface area contributed by atoms with E-state index in [-0.39, 0.29) is 0 Å². The fourth-order valence-electron chi connectivity index (χ4n) is 1.47. The van der Waals surface area contributed by atoms with Gasteiger partial charge >= 0.3 is 0 Å². The van der Waals surface area contributed by atoms with Gasteiger partial charge in [0, 0.05) is 23.3 Å². The van der Waals surface area contributed by atoms with E-state index in [2.05, 4.69) is 72.9 Å². The van der Waals surface area contributed by atoms with Gasteiger partial charge in [-0.3, -0.25) is 0 Å². The third kappa shape index (κ3) is 2.77. The number of hydrogen-bond donors (Lipinski definition) is 1. The van der Waals surface area contributed by atoms with Gasteiger partial charge in [0.2, 0.25) is 0 Å². The van der Waals surface area contributed by atoms with Crippen molar-refractivity contribution in [1.82, 2.24) is 9.97 Å². The maximum atomic E-state index is 4.49. The molecule has 1 heterocycles. The number of benzene rings is 1. The van der Waals surface area contributed by atoms with Gasteiger partial charge in [0.15, 0.2) is 5.82 Å². The zero-order valence-corrected chi connectivity index (χ0v) is 13.2. The lowest BCUT2D eigenvalue weighted by atomic mass is 10.1. The quantitative estimate of drug-likeness (QED) is 0.773. The average molecular weight is 404 g/mol. The molecular weight excluding hydrogens is 393 g/mol. The Bertz CT molecular complexity index is 557. The summed E-state index contributed by atoms with van der Waals surface area (Å²) < 4.78 is 2.03. The standard InChI is InChI=1S/C12H11BrIN3/c1-7-3-4-8(9(13)5-7)11-16-6-10(14)12(15-2)17-11/h3-6H,1-2H3,(H,15,16,17). The van der Waals surface area contributed by atoms with Gasteiger partial charge in [-0.2, -0.15) is 0 Å². The summed E-state index contributed by atoms with van der Waals surface area (Å²) in [6, 6.07) is 6.15. The number of nitrogens with one attached hydrogen (secondary N) is 1. The van der Waals surface area contributed by atoms with Gasteiger partial charge in [-0.15, -0.1) is 0 Å². The lowest BCUT2D eigenvalue weighted by Gasteiger charge is -2.07. The number of aryl methyl sites for hydroxylation is 1. The Morgan fingerprint density at radius 3 is 2.76 bits per heavy atom. The van der Waals surface area contributed by atoms with Gasteiger partial charge in [0.25, 0.3) is 0 Å². The fourth-order valence-corrected chi connectivity index (χ4v) is 2.67. The third-order valence-electron chi connectivity index (χ3n) is 2.35. The topological polar surface area (TPSA) is 37.8 Å². The van der Waals surface area contributed by atoms with Crippen LogP contribution in [0.25, 0.3) is 11.4 Å². The number of nitrogens with zero attached hydrogens (tertiary/aromatic N) is 2. The van der Waals surface area contributed by atoms with Crippen LogP contribution in [0.3, 0.4) is 0 Å². The van der Waals surface area contributed by atoms with Crippen molar-refractivity contribution in [1.29, 1.82) is 0 Å². The molecule has 0 radical (unpaired) electrons. The first-order valence-corrected chi connectivity index (χ1v) is 6.96. The molecule has 0 spiro atoms. The van der Waals surface area contributed by atoms with E-state index in [4.69, 9.17) is 0 Å². The molecule has 0 amide bonds. The van der Waals surface area contributed by atoms with Gasteiger partial charge in [-0.05, 0) is 47.2 Å². The molecule has 2 rings (SSSR count). The van der Waals surface area contributed by atoms with E-state index in [1.807, 2.05) is 19.3 Å². The Balaban J connectivity index is 2.53. The van der Waals surface area contributed by atoms with Gasteiger partial charge in [-0.1, -0.05) is 22.0 Å². The van der Waals surface area contributed by atoms with E-state index in [1.54, 1.807) is 0 Å². The van der Waals surface area contributed by atoms with Crippen LogP contribution in [0.1, 0.15) is 5.56 Å². The molecule has 0 saturated heterocycles. The molecule has 1 aromatic carbocycles. The summed E-state index contributed by atoms with van der Waals surface area (Å²) in [6.07, 6.45) is 1.82. The van der Waals surface area contributed by atoms with E-state index < -0.39 is 0 Å². The van der Waals surface area contributed by atoms with Gasteiger partial charge < -0.3 is 5.32 Å². The highest BCUT2D eigenvalue weighted by Gasteiger charge is 2.08. The van der Waals surface area contributed by atoms with Crippen LogP contribution in [0.4, 0.5) is 5.82 Å². The minimum absolute atomic E-state index is 0.724. The van der Waals surface area contributed by atoms with E-state index in [1.165, 1.54) is 5.56 Å². The normalized spacial score (nSPS) is 10.4. The van der Waals surface area contributed by atoms with Crippen LogP contribution in [0.5, 0.6) is 0 Å². The van der Waals surface area contributed by atoms with Crippen molar-refractivity contribution < 1.29 is 0 Å². The first kappa shape index (κ1) is 12.8. The molecule has 0 aliphatic rings. The minimum atomic E-state index is 0.724. The molecule has 0 saturated carbocycles. The predicted octanol–water partition coefficient (Wildman–Crippen LogP) is 3.86. The smallest absolute Gasteiger partial charge is 0.162 e. The molecule has 0 fully saturated rings. The van der Waals surface area contributed by atoms with Crippen molar-refractivity contribution in [3.63, 3.8) is 0 Å². The van der Waals surface area contributed by atoms with E-state index in [9.17, 15) is 0 Å². The van der Waals surface area contributed by atoms with Crippen LogP contribution in [-0.4, -0.2) is 17.0 Å². The minimum Gasteiger partial charge on any atom is -0.372 e. The molecule has 0 bridgehead atoms. The Morgan fingerprint density at radius 1 is 1.35 bits per heavy atom. The van der Waals surface area contributed by atoms with Crippen LogP contribution >= 0.6 is 38.5 Å². The summed E-state index contributed by atoms with van der Waals surface area (Å²) in [6.45, 7) is 2.06. The number of hydrogen-bond acceptors (Lipinski definition) is 3. The first-order chi connectivity index (χ1) is 8.11. The summed E-state index contributed by atoms with van der Waals surface area (Å²) in [7, 11) is 1.86. The predicted molar refractivity (Wildman–Crippen MR) is 82.2 cm³/mol. The van der Waals surface area contributed by atoms with Crippen molar-refractivity contribution >= 4 is 44.3 Å². The van der Waals surface area contributed by atoms with Gasteiger partial charge in [0.05, 0.1) is 3.57 Å². The highest BCUT2D eigenvalue weighted by molar-refractivity contribution is 14.1. The second kappa shape index (κ2) is 5.30. The fraction of sp³-hybridized carbons (Fsp3) is 0.167. The van der Waals surface area contributed by atoms with Gasteiger partial charge in [0.1, 0.15) is 5.82 Å². The van der Waals surface area contributed by atoms with Crippen molar-refractivity contribution in [3.05, 3.63) is 38.0 Å². The van der Waals surface area contributed by atoms with E-state index in [0.29, 0.717) is 0 Å². The second-order valence-electron chi connectivity index (χ2n) is 3.62. The van der Waals surface area contributed by atoms with Crippen molar-refractivity contribution in [3.8, 4) is 11.4 Å². The van der Waals surface area contributed by atoms with Crippen LogP contribution in [0, 0.1) is 10.5 Å². The molecule has 3 nitrogen and oxygen atoms in total. The Labute approximate surface area is 122 Å². The number of aromatic nitrogens is 2. The lowest BCUT2D eigenvalue weighted by molar-refractivity contribution is 1.15. The summed E-state index contributed by atoms with van der Waals surface area (Å²) >= 11 is 5.76. The van der Waals surface area contributed by atoms with Crippen LogP contribution in [-0.2, 0) is 0 Å². The summed E-state index contributed by atoms with van der Waals surface area (Å²) in [5, 5.41) is 3.06. The molecule has 17 heavy (non-hydrogen) atoms. The molecule has 1 aromatic heterocycles. The largest absolute Gasteiger partial charge is 0.372 e. The molecule has 2 aromatic rings. The molecule has 5 heteroatoms. The molecule has 0 atom stereocenters. The van der Waals surface area contributed by atoms with E-state index in [0.717, 1.165) is 25.2 Å². The van der Waals surface area contributed by atoms with Crippen LogP contribution in [0.2, 0.25) is 0 Å². The molecule has 88 valence electrons. The molecule has 0 aliphatic carbocycles. The third-order valence-corrected chi connectivity index (χ3v) is 3.79. The SMILES string of the molecule is CNc1nc(-c2ccc(C)cc2Br)ncc1I. The Kier molecular flexibility index (Phi) is 3.98. The van der Waals surface area contributed by atoms with Gasteiger partial charge in [-0.25, -0.2) is 9.97 Å². The highest BCUT2D eigenvalue weighted by Crippen LogP contribution is 2.28. The molecular formula is C12H11BrIN3. The lowest BCUT2D eigenvalue weighted by Crippen LogP contribution is -1.99. The van der Waals surface area contributed by atoms with Crippen molar-refractivity contribution in [2.24, 2.45) is 0 Å². The van der Waals surface area contributed by atoms with E-state index >= 15 is 0 Å². The highest BCUT2D eigenvalue weighted by atomic mass is 127. The zero-order valence-electron chi connectivity index (χ0n) is 9.46. The van der Waals surface area contributed by atoms with Crippen molar-refractivity contribution in [2.45, 2.75) is 6.92 Å². The maximum Gasteiger partial charge on any atom is 0.162 e. The zero-order chi connectivity index (χ0) is 12.4. The number of halogens is 2. The summed E-state index contributed by atoms with van der Waals surface area (Å²) in [4.78, 5) is 8.85. The second-order valence-corrected chi connectivity index (χ2v) is 5.64. The van der Waals surface area contributed by atoms with Crippen LogP contribution in [0.15, 0.2) is 28.9 Å². The Morgan fingerprint density at radius 2 is 2.12 bits per heavy atom. The Hall–Kier alpha value is -0.690. The average Bonchev–Trinajstić information content (AvgIpc) is 2.30. The number of anilines is 1. The summed E-state index contributed by atoms with van der Waals surface area (Å²) in [5.41, 5.74) is 2.21.